The van der Waals surface area contributed by atoms with Gasteiger partial charge in [-0.2, -0.15) is 0 Å². The summed E-state index contributed by atoms with van der Waals surface area (Å²) in [5, 5.41) is 0. The number of carbonyl (C=O) groups excluding carboxylic acids is 3. The van der Waals surface area contributed by atoms with Gasteiger partial charge >= 0.3 is 17.9 Å². The predicted molar refractivity (Wildman–Crippen MR) is 334 cm³/mol. The van der Waals surface area contributed by atoms with Crippen LogP contribution in [0, 0.1) is 0 Å². The smallest absolute Gasteiger partial charge is 0.306 e. The van der Waals surface area contributed by atoms with E-state index in [9.17, 15) is 14.4 Å². The molecule has 438 valence electrons. The molecule has 0 amide bonds. The zero-order valence-electron chi connectivity index (χ0n) is 50.2. The Kier molecular flexibility index (Phi) is 60.8. The van der Waals surface area contributed by atoms with Crippen molar-refractivity contribution in [2.24, 2.45) is 0 Å². The van der Waals surface area contributed by atoms with Crippen LogP contribution in [0.4, 0.5) is 0 Å². The third-order valence-electron chi connectivity index (χ3n) is 13.4. The Morgan fingerprint density at radius 1 is 0.273 bits per heavy atom. The fraction of sp³-hybridized carbons (Fsp3) is 0.676. The van der Waals surface area contributed by atoms with Crippen LogP contribution in [0.2, 0.25) is 0 Å². The highest BCUT2D eigenvalue weighted by Gasteiger charge is 2.19. The van der Waals surface area contributed by atoms with Crippen LogP contribution in [0.1, 0.15) is 290 Å². The van der Waals surface area contributed by atoms with Gasteiger partial charge in [-0.25, -0.2) is 0 Å². The molecule has 0 N–H and O–H groups in total. The van der Waals surface area contributed by atoms with Gasteiger partial charge in [0.25, 0.3) is 0 Å². The van der Waals surface area contributed by atoms with Crippen LogP contribution in [0.25, 0.3) is 0 Å². The summed E-state index contributed by atoms with van der Waals surface area (Å²) in [5.41, 5.74) is 0. The molecule has 77 heavy (non-hydrogen) atoms. The molecule has 0 aliphatic rings. The molecule has 0 aromatic rings. The van der Waals surface area contributed by atoms with Gasteiger partial charge in [-0.3, -0.25) is 14.4 Å². The largest absolute Gasteiger partial charge is 0.462 e. The molecule has 0 aliphatic carbocycles. The van der Waals surface area contributed by atoms with E-state index in [1.165, 1.54) is 116 Å². The molecule has 0 aliphatic heterocycles. The van der Waals surface area contributed by atoms with E-state index in [1.54, 1.807) is 0 Å². The second-order valence-electron chi connectivity index (χ2n) is 20.9. The molecule has 6 nitrogen and oxygen atoms in total. The molecule has 1 unspecified atom stereocenters. The number of carbonyl (C=O) groups is 3. The maximum atomic E-state index is 12.9. The maximum absolute atomic E-state index is 12.9. The number of esters is 3. The van der Waals surface area contributed by atoms with E-state index in [2.05, 4.69) is 142 Å². The molecule has 0 bridgehead atoms. The van der Waals surface area contributed by atoms with Gasteiger partial charge in [0.1, 0.15) is 13.2 Å². The first-order valence-corrected chi connectivity index (χ1v) is 32.0. The molecule has 0 heterocycles. The molecule has 6 heteroatoms. The zero-order valence-corrected chi connectivity index (χ0v) is 50.2. The summed E-state index contributed by atoms with van der Waals surface area (Å²) in [6.45, 7) is 6.47. The quantitative estimate of drug-likeness (QED) is 0.0261. The molecule has 0 aromatic heterocycles. The second-order valence-corrected chi connectivity index (χ2v) is 20.9. The molecule has 0 saturated heterocycles. The van der Waals surface area contributed by atoms with Gasteiger partial charge in [-0.15, -0.1) is 0 Å². The van der Waals surface area contributed by atoms with Gasteiger partial charge in [-0.1, -0.05) is 258 Å². The number of ether oxygens (including phenoxy) is 3. The van der Waals surface area contributed by atoms with E-state index in [-0.39, 0.29) is 31.1 Å². The van der Waals surface area contributed by atoms with Crippen molar-refractivity contribution in [1.82, 2.24) is 0 Å². The van der Waals surface area contributed by atoms with Crippen LogP contribution >= 0.6 is 0 Å². The van der Waals surface area contributed by atoms with E-state index in [1.807, 2.05) is 0 Å². The third-order valence-corrected chi connectivity index (χ3v) is 13.4. The van der Waals surface area contributed by atoms with Crippen molar-refractivity contribution in [3.63, 3.8) is 0 Å². The molecule has 0 spiro atoms. The van der Waals surface area contributed by atoms with Gasteiger partial charge < -0.3 is 14.2 Å². The zero-order chi connectivity index (χ0) is 55.7. The van der Waals surface area contributed by atoms with Gasteiger partial charge in [0.05, 0.1) is 0 Å². The van der Waals surface area contributed by atoms with Crippen LogP contribution in [0.3, 0.4) is 0 Å². The number of allylic oxidation sites excluding steroid dienone is 20. The topological polar surface area (TPSA) is 78.9 Å². The normalized spacial score (nSPS) is 12.9. The Hall–Kier alpha value is -4.19. The first-order valence-electron chi connectivity index (χ1n) is 32.0. The van der Waals surface area contributed by atoms with Crippen molar-refractivity contribution in [1.29, 1.82) is 0 Å². The van der Waals surface area contributed by atoms with Crippen LogP contribution in [0.5, 0.6) is 0 Å². The summed E-state index contributed by atoms with van der Waals surface area (Å²) in [6.07, 6.45) is 89.1. The standard InChI is InChI=1S/C71H118O6/c1-4-7-10-13-16-19-22-25-28-30-32-33-34-35-36-37-39-40-43-46-49-52-55-58-61-64-70(73)76-67-68(66-75-69(72)63-60-57-54-51-48-45-42-27-24-21-18-15-12-9-6-3)77-71(74)65-62-59-56-53-50-47-44-41-38-31-29-26-23-20-17-14-11-8-5-2/h7,10,16,18-19,21,25-29,32-33,35-36,39-40,42,46,49,68H,4-6,8-9,11-15,17,20,22-24,30-31,34,37-38,41,43-45,47-48,50-67H2,1-3H3/b10-7-,19-16-,21-18-,28-25-,29-26-,33-32-,36-35-,40-39-,42-27-,49-46-. The van der Waals surface area contributed by atoms with Crippen LogP contribution in [0.15, 0.2) is 122 Å². The highest BCUT2D eigenvalue weighted by atomic mass is 16.6. The SMILES string of the molecule is CC/C=C\C/C=C\C/C=C\C/C=C\C/C=C\C/C=C\C/C=C\CCCCCC(=O)OCC(COC(=O)CCCCCCC/C=C\C/C=C\CCCCC)OC(=O)CCCCCCCCCCC/C=C\CCCCCCCC. The van der Waals surface area contributed by atoms with E-state index < -0.39 is 6.10 Å². The first-order chi connectivity index (χ1) is 38.0. The van der Waals surface area contributed by atoms with Crippen LogP contribution in [-0.2, 0) is 28.6 Å². The average Bonchev–Trinajstić information content (AvgIpc) is 3.43. The summed E-state index contributed by atoms with van der Waals surface area (Å²) in [7, 11) is 0. The lowest BCUT2D eigenvalue weighted by molar-refractivity contribution is -0.167. The minimum absolute atomic E-state index is 0.0987. The molecule has 0 saturated carbocycles. The van der Waals surface area contributed by atoms with Gasteiger partial charge in [0.2, 0.25) is 0 Å². The van der Waals surface area contributed by atoms with E-state index >= 15 is 0 Å². The van der Waals surface area contributed by atoms with Crippen molar-refractivity contribution in [3.05, 3.63) is 122 Å². The molecular weight excluding hydrogens is 949 g/mol. The molecule has 0 fully saturated rings. The van der Waals surface area contributed by atoms with Gasteiger partial charge in [0, 0.05) is 19.3 Å². The lowest BCUT2D eigenvalue weighted by Crippen LogP contribution is -2.30. The summed E-state index contributed by atoms with van der Waals surface area (Å²) in [5.74, 6) is -0.942. The summed E-state index contributed by atoms with van der Waals surface area (Å²) in [4.78, 5) is 38.3. The van der Waals surface area contributed by atoms with Crippen molar-refractivity contribution >= 4 is 17.9 Å². The molecule has 0 radical (unpaired) electrons. The maximum Gasteiger partial charge on any atom is 0.306 e. The van der Waals surface area contributed by atoms with Crippen molar-refractivity contribution < 1.29 is 28.6 Å². The number of hydrogen-bond donors (Lipinski definition) is 0. The fourth-order valence-electron chi connectivity index (χ4n) is 8.62. The minimum atomic E-state index is -0.804. The van der Waals surface area contributed by atoms with Crippen molar-refractivity contribution in [2.75, 3.05) is 13.2 Å². The van der Waals surface area contributed by atoms with Gasteiger partial charge in [-0.05, 0) is 135 Å². The number of rotatable bonds is 57. The average molecular weight is 1070 g/mol. The summed E-state index contributed by atoms with van der Waals surface area (Å²) in [6, 6.07) is 0. The Morgan fingerprint density at radius 2 is 0.506 bits per heavy atom. The molecule has 1 atom stereocenters. The predicted octanol–water partition coefficient (Wildman–Crippen LogP) is 22.0. The van der Waals surface area contributed by atoms with E-state index in [0.29, 0.717) is 19.3 Å². The third kappa shape index (κ3) is 62.5. The fourth-order valence-corrected chi connectivity index (χ4v) is 8.62. The highest BCUT2D eigenvalue weighted by molar-refractivity contribution is 5.71. The molecular formula is C71H118O6. The Morgan fingerprint density at radius 3 is 0.844 bits per heavy atom. The van der Waals surface area contributed by atoms with Crippen molar-refractivity contribution in [3.8, 4) is 0 Å². The highest BCUT2D eigenvalue weighted by Crippen LogP contribution is 2.15. The number of hydrogen-bond acceptors (Lipinski definition) is 6. The van der Waals surface area contributed by atoms with E-state index in [0.717, 1.165) is 135 Å². The van der Waals surface area contributed by atoms with Gasteiger partial charge in [0.15, 0.2) is 6.10 Å². The lowest BCUT2D eigenvalue weighted by Gasteiger charge is -2.18. The van der Waals surface area contributed by atoms with E-state index in [4.69, 9.17) is 14.2 Å². The molecule has 0 aromatic carbocycles. The lowest BCUT2D eigenvalue weighted by atomic mass is 10.1. The Labute approximate surface area is 475 Å². The van der Waals surface area contributed by atoms with Crippen LogP contribution in [-0.4, -0.2) is 37.2 Å². The second kappa shape index (κ2) is 64.3. The monoisotopic (exact) mass is 1070 g/mol. The minimum Gasteiger partial charge on any atom is -0.462 e. The first kappa shape index (κ1) is 72.8. The summed E-state index contributed by atoms with van der Waals surface area (Å²) >= 11 is 0. The Balaban J connectivity index is 4.46. The number of unbranched alkanes of at least 4 members (excludes halogenated alkanes) is 26. The van der Waals surface area contributed by atoms with Crippen molar-refractivity contribution in [2.45, 2.75) is 297 Å². The molecule has 0 rings (SSSR count). The van der Waals surface area contributed by atoms with Crippen LogP contribution < -0.4 is 0 Å². The summed E-state index contributed by atoms with van der Waals surface area (Å²) < 4.78 is 16.9. The Bertz CT molecular complexity index is 1600.